The number of ether oxygens (including phenoxy) is 1. The minimum Gasteiger partial charge on any atom is -0.363 e. The van der Waals surface area contributed by atoms with Crippen molar-refractivity contribution in [2.75, 3.05) is 0 Å². The summed E-state index contributed by atoms with van der Waals surface area (Å²) >= 11 is 3.31. The second kappa shape index (κ2) is 5.64. The molecule has 6 nitrogen and oxygen atoms in total. The Morgan fingerprint density at radius 1 is 1.56 bits per heavy atom. The smallest absolute Gasteiger partial charge is 0.263 e. The number of nitrogens with one attached hydrogen (secondary N) is 1. The zero-order valence-electron chi connectivity index (χ0n) is 9.64. The molecule has 1 aromatic heterocycles. The fourth-order valence-corrected chi connectivity index (χ4v) is 2.37. The van der Waals surface area contributed by atoms with E-state index in [0.717, 1.165) is 10.9 Å². The standard InChI is InChI=1S/C11H14BrN3O3/c12-7-1-4-10(16)15(5-7)6-8-2-3-9(18-8)11(17)14-13/h1,4-5,8-9H,2-3,6,13H2,(H,14,17). The predicted molar refractivity (Wildman–Crippen MR) is 68.6 cm³/mol. The van der Waals surface area contributed by atoms with Gasteiger partial charge < -0.3 is 9.30 Å². The molecule has 1 amide bonds. The molecule has 2 heterocycles. The van der Waals surface area contributed by atoms with Crippen molar-refractivity contribution in [3.05, 3.63) is 33.2 Å². The zero-order chi connectivity index (χ0) is 13.1. The van der Waals surface area contributed by atoms with Crippen molar-refractivity contribution in [1.82, 2.24) is 9.99 Å². The average Bonchev–Trinajstić information content (AvgIpc) is 2.81. The first-order valence-electron chi connectivity index (χ1n) is 5.62. The van der Waals surface area contributed by atoms with Crippen LogP contribution in [0.15, 0.2) is 27.6 Å². The van der Waals surface area contributed by atoms with Gasteiger partial charge in [-0.05, 0) is 34.8 Å². The summed E-state index contributed by atoms with van der Waals surface area (Å²) in [5.41, 5.74) is 1.98. The molecule has 7 heteroatoms. The molecule has 2 rings (SSSR count). The first-order valence-corrected chi connectivity index (χ1v) is 6.41. The van der Waals surface area contributed by atoms with Gasteiger partial charge in [-0.1, -0.05) is 0 Å². The quantitative estimate of drug-likeness (QED) is 0.472. The van der Waals surface area contributed by atoms with Crippen molar-refractivity contribution in [2.45, 2.75) is 31.6 Å². The Bertz CT molecular complexity index is 503. The highest BCUT2D eigenvalue weighted by Crippen LogP contribution is 2.21. The van der Waals surface area contributed by atoms with Gasteiger partial charge in [-0.2, -0.15) is 0 Å². The minimum absolute atomic E-state index is 0.0893. The van der Waals surface area contributed by atoms with Gasteiger partial charge in [0.05, 0.1) is 12.6 Å². The summed E-state index contributed by atoms with van der Waals surface area (Å²) in [6.07, 6.45) is 2.41. The van der Waals surface area contributed by atoms with Crippen LogP contribution in [0.5, 0.6) is 0 Å². The topological polar surface area (TPSA) is 86.4 Å². The van der Waals surface area contributed by atoms with Crippen molar-refractivity contribution in [3.63, 3.8) is 0 Å². The molecular weight excluding hydrogens is 302 g/mol. The molecule has 1 fully saturated rings. The predicted octanol–water partition coefficient (Wildman–Crippen LogP) is 0.148. The van der Waals surface area contributed by atoms with Crippen LogP contribution in [-0.4, -0.2) is 22.7 Å². The average molecular weight is 316 g/mol. The molecule has 0 saturated carbocycles. The molecule has 0 radical (unpaired) electrons. The molecule has 0 aromatic carbocycles. The van der Waals surface area contributed by atoms with Crippen LogP contribution in [0.25, 0.3) is 0 Å². The first kappa shape index (κ1) is 13.3. The Morgan fingerprint density at radius 3 is 3.06 bits per heavy atom. The van der Waals surface area contributed by atoms with Gasteiger partial charge in [0.1, 0.15) is 6.10 Å². The lowest BCUT2D eigenvalue weighted by molar-refractivity contribution is -0.132. The van der Waals surface area contributed by atoms with Crippen LogP contribution in [0.1, 0.15) is 12.8 Å². The van der Waals surface area contributed by atoms with Gasteiger partial charge in [-0.15, -0.1) is 0 Å². The summed E-state index contributed by atoms with van der Waals surface area (Å²) < 4.78 is 7.94. The van der Waals surface area contributed by atoms with Gasteiger partial charge in [-0.3, -0.25) is 15.0 Å². The molecule has 0 bridgehead atoms. The van der Waals surface area contributed by atoms with Gasteiger partial charge in [0, 0.05) is 16.7 Å². The lowest BCUT2D eigenvalue weighted by Crippen LogP contribution is -2.39. The number of carbonyl (C=O) groups excluding carboxylic acids is 1. The summed E-state index contributed by atoms with van der Waals surface area (Å²) in [5.74, 6) is 4.73. The fourth-order valence-electron chi connectivity index (χ4n) is 1.99. The molecule has 1 aliphatic rings. The van der Waals surface area contributed by atoms with E-state index in [9.17, 15) is 9.59 Å². The maximum Gasteiger partial charge on any atom is 0.263 e. The zero-order valence-corrected chi connectivity index (χ0v) is 11.2. The second-order valence-electron chi connectivity index (χ2n) is 4.17. The van der Waals surface area contributed by atoms with Crippen LogP contribution in [0.3, 0.4) is 0 Å². The Morgan fingerprint density at radius 2 is 2.33 bits per heavy atom. The number of halogens is 1. The third-order valence-electron chi connectivity index (χ3n) is 2.89. The molecule has 2 atom stereocenters. The molecule has 1 aromatic rings. The largest absolute Gasteiger partial charge is 0.363 e. The molecule has 18 heavy (non-hydrogen) atoms. The number of nitrogens with zero attached hydrogens (tertiary/aromatic N) is 1. The van der Waals surface area contributed by atoms with Crippen LogP contribution in [0.4, 0.5) is 0 Å². The van der Waals surface area contributed by atoms with Crippen molar-refractivity contribution in [3.8, 4) is 0 Å². The van der Waals surface area contributed by atoms with E-state index in [-0.39, 0.29) is 17.6 Å². The Kier molecular flexibility index (Phi) is 4.15. The van der Waals surface area contributed by atoms with Gasteiger partial charge in [0.25, 0.3) is 11.5 Å². The maximum absolute atomic E-state index is 11.6. The number of rotatable bonds is 3. The van der Waals surface area contributed by atoms with E-state index >= 15 is 0 Å². The van der Waals surface area contributed by atoms with E-state index < -0.39 is 6.10 Å². The van der Waals surface area contributed by atoms with E-state index in [1.807, 2.05) is 0 Å². The Hall–Kier alpha value is -1.18. The molecular formula is C11H14BrN3O3. The number of pyridine rings is 1. The first-order chi connectivity index (χ1) is 8.60. The van der Waals surface area contributed by atoms with Crippen LogP contribution >= 0.6 is 15.9 Å². The molecule has 98 valence electrons. The van der Waals surface area contributed by atoms with Crippen molar-refractivity contribution in [2.24, 2.45) is 5.84 Å². The van der Waals surface area contributed by atoms with E-state index in [2.05, 4.69) is 21.4 Å². The normalized spacial score (nSPS) is 23.0. The van der Waals surface area contributed by atoms with Crippen molar-refractivity contribution < 1.29 is 9.53 Å². The number of carbonyl (C=O) groups is 1. The highest BCUT2D eigenvalue weighted by molar-refractivity contribution is 9.10. The van der Waals surface area contributed by atoms with E-state index in [1.54, 1.807) is 16.8 Å². The lowest BCUT2D eigenvalue weighted by atomic mass is 10.2. The van der Waals surface area contributed by atoms with Crippen LogP contribution < -0.4 is 16.8 Å². The SMILES string of the molecule is NNC(=O)C1CCC(Cn2cc(Br)ccc2=O)O1. The molecule has 2 unspecified atom stereocenters. The van der Waals surface area contributed by atoms with E-state index in [0.29, 0.717) is 13.0 Å². The van der Waals surface area contributed by atoms with E-state index in [1.165, 1.54) is 6.07 Å². The van der Waals surface area contributed by atoms with Crippen molar-refractivity contribution in [1.29, 1.82) is 0 Å². The lowest BCUT2D eigenvalue weighted by Gasteiger charge is -2.14. The van der Waals surface area contributed by atoms with Gasteiger partial charge in [-0.25, -0.2) is 5.84 Å². The summed E-state index contributed by atoms with van der Waals surface area (Å²) in [6.45, 7) is 0.437. The molecule has 0 spiro atoms. The fraction of sp³-hybridized carbons (Fsp3) is 0.455. The molecule has 0 aliphatic carbocycles. The number of hydrogen-bond donors (Lipinski definition) is 2. The summed E-state index contributed by atoms with van der Waals surface area (Å²) in [5, 5.41) is 0. The van der Waals surface area contributed by atoms with Crippen LogP contribution in [0, 0.1) is 0 Å². The number of hydrogen-bond acceptors (Lipinski definition) is 4. The minimum atomic E-state index is -0.511. The summed E-state index contributed by atoms with van der Waals surface area (Å²) in [6, 6.07) is 3.18. The molecule has 1 aliphatic heterocycles. The van der Waals surface area contributed by atoms with Crippen molar-refractivity contribution >= 4 is 21.8 Å². The number of nitrogens with two attached hydrogens (primary N) is 1. The van der Waals surface area contributed by atoms with E-state index in [4.69, 9.17) is 10.6 Å². The monoisotopic (exact) mass is 315 g/mol. The van der Waals surface area contributed by atoms with Gasteiger partial charge in [0.15, 0.2) is 0 Å². The van der Waals surface area contributed by atoms with Gasteiger partial charge in [0.2, 0.25) is 0 Å². The van der Waals surface area contributed by atoms with Crippen LogP contribution in [0.2, 0.25) is 0 Å². The summed E-state index contributed by atoms with van der Waals surface area (Å²) in [4.78, 5) is 22.9. The highest BCUT2D eigenvalue weighted by atomic mass is 79.9. The van der Waals surface area contributed by atoms with Gasteiger partial charge >= 0.3 is 0 Å². The summed E-state index contributed by atoms with van der Waals surface area (Å²) in [7, 11) is 0. The maximum atomic E-state index is 11.6. The molecule has 3 N–H and O–H groups in total. The third-order valence-corrected chi connectivity index (χ3v) is 3.36. The molecule has 1 saturated heterocycles. The van der Waals surface area contributed by atoms with Crippen LogP contribution in [-0.2, 0) is 16.1 Å². The number of amides is 1. The Balaban J connectivity index is 2.01. The highest BCUT2D eigenvalue weighted by Gasteiger charge is 2.30. The number of hydrazine groups is 1. The second-order valence-corrected chi connectivity index (χ2v) is 5.09. The third kappa shape index (κ3) is 2.98. The Labute approximate surface area is 112 Å². The number of aromatic nitrogens is 1.